The van der Waals surface area contributed by atoms with Gasteiger partial charge in [0.1, 0.15) is 0 Å². The average Bonchev–Trinajstić information content (AvgIpc) is 3.32. The Balaban J connectivity index is 2.01. The molecule has 3 rings (SSSR count). The normalized spacial score (nSPS) is 14.9. The second-order valence-corrected chi connectivity index (χ2v) is 6.60. The summed E-state index contributed by atoms with van der Waals surface area (Å²) in [7, 11) is 0. The molecule has 0 heterocycles. The van der Waals surface area contributed by atoms with Crippen LogP contribution in [0.25, 0.3) is 10.8 Å². The molecule has 1 saturated carbocycles. The van der Waals surface area contributed by atoms with Gasteiger partial charge < -0.3 is 10.6 Å². The van der Waals surface area contributed by atoms with E-state index < -0.39 is 0 Å². The van der Waals surface area contributed by atoms with Gasteiger partial charge in [0.2, 0.25) is 0 Å². The van der Waals surface area contributed by atoms with E-state index >= 15 is 0 Å². The minimum Gasteiger partial charge on any atom is -0.368 e. The second kappa shape index (κ2) is 6.07. The van der Waals surface area contributed by atoms with Gasteiger partial charge in [-0.2, -0.15) is 0 Å². The molecule has 112 valence electrons. The first-order valence-electron chi connectivity index (χ1n) is 8.18. The van der Waals surface area contributed by atoms with Crippen molar-refractivity contribution < 1.29 is 0 Å². The fraction of sp³-hybridized carbons (Fsp3) is 0.474. The maximum Gasteiger partial charge on any atom is 0.0448 e. The fourth-order valence-corrected chi connectivity index (χ4v) is 3.06. The molecule has 2 aromatic carbocycles. The van der Waals surface area contributed by atoms with Crippen molar-refractivity contribution in [2.24, 2.45) is 11.7 Å². The molecular formula is C19H26N2. The van der Waals surface area contributed by atoms with E-state index in [1.165, 1.54) is 41.3 Å². The lowest BCUT2D eigenvalue weighted by Gasteiger charge is -2.27. The van der Waals surface area contributed by atoms with Crippen LogP contribution in [0.5, 0.6) is 0 Å². The van der Waals surface area contributed by atoms with Gasteiger partial charge in [0.15, 0.2) is 0 Å². The highest BCUT2D eigenvalue weighted by Crippen LogP contribution is 2.37. The maximum absolute atomic E-state index is 5.90. The number of nitrogens with zero attached hydrogens (tertiary/aromatic N) is 1. The van der Waals surface area contributed by atoms with E-state index in [1.54, 1.807) is 0 Å². The topological polar surface area (TPSA) is 29.3 Å². The Kier molecular flexibility index (Phi) is 4.16. The van der Waals surface area contributed by atoms with Crippen LogP contribution < -0.4 is 10.6 Å². The number of fused-ring (bicyclic) bond motifs is 1. The third kappa shape index (κ3) is 3.06. The molecule has 0 amide bonds. The van der Waals surface area contributed by atoms with E-state index in [2.05, 4.69) is 55.1 Å². The molecule has 0 spiro atoms. The van der Waals surface area contributed by atoms with Crippen molar-refractivity contribution in [1.29, 1.82) is 0 Å². The lowest BCUT2D eigenvalue weighted by atomic mass is 10.0. The summed E-state index contributed by atoms with van der Waals surface area (Å²) >= 11 is 0. The first-order valence-corrected chi connectivity index (χ1v) is 8.18. The Bertz CT molecular complexity index is 614. The highest BCUT2D eigenvalue weighted by atomic mass is 15.2. The van der Waals surface area contributed by atoms with Crippen LogP contribution in [-0.2, 0) is 6.54 Å². The summed E-state index contributed by atoms with van der Waals surface area (Å²) in [5.41, 5.74) is 8.54. The largest absolute Gasteiger partial charge is 0.368 e. The number of anilines is 1. The first kappa shape index (κ1) is 14.4. The highest BCUT2D eigenvalue weighted by Gasteiger charge is 2.30. The van der Waals surface area contributed by atoms with E-state index in [0.717, 1.165) is 18.5 Å². The van der Waals surface area contributed by atoms with Gasteiger partial charge in [0.25, 0.3) is 0 Å². The number of hydrogen-bond acceptors (Lipinski definition) is 2. The number of hydrogen-bond donors (Lipinski definition) is 1. The van der Waals surface area contributed by atoms with Crippen LogP contribution in [0.15, 0.2) is 36.4 Å². The van der Waals surface area contributed by atoms with Gasteiger partial charge in [-0.3, -0.25) is 0 Å². The summed E-state index contributed by atoms with van der Waals surface area (Å²) in [6, 6.07) is 13.9. The van der Waals surface area contributed by atoms with Gasteiger partial charge in [0.05, 0.1) is 0 Å². The summed E-state index contributed by atoms with van der Waals surface area (Å²) in [6.07, 6.45) is 3.93. The minimum absolute atomic E-state index is 0.607. The summed E-state index contributed by atoms with van der Waals surface area (Å²) in [5, 5.41) is 2.67. The van der Waals surface area contributed by atoms with Gasteiger partial charge in [-0.1, -0.05) is 44.2 Å². The van der Waals surface area contributed by atoms with Crippen LogP contribution in [0.3, 0.4) is 0 Å². The van der Waals surface area contributed by atoms with Crippen molar-refractivity contribution in [3.8, 4) is 0 Å². The molecule has 0 saturated heterocycles. The van der Waals surface area contributed by atoms with E-state index in [-0.39, 0.29) is 0 Å². The number of benzene rings is 2. The first-order chi connectivity index (χ1) is 10.2. The Hall–Kier alpha value is -1.54. The Morgan fingerprint density at radius 1 is 1.10 bits per heavy atom. The molecule has 0 radical (unpaired) electrons. The van der Waals surface area contributed by atoms with Crippen LogP contribution >= 0.6 is 0 Å². The van der Waals surface area contributed by atoms with E-state index in [9.17, 15) is 0 Å². The number of rotatable bonds is 6. The van der Waals surface area contributed by atoms with Crippen molar-refractivity contribution in [3.05, 3.63) is 42.0 Å². The zero-order chi connectivity index (χ0) is 14.8. The van der Waals surface area contributed by atoms with Crippen LogP contribution in [0.1, 0.15) is 38.7 Å². The van der Waals surface area contributed by atoms with Crippen molar-refractivity contribution in [2.45, 2.75) is 45.7 Å². The maximum atomic E-state index is 5.90. The van der Waals surface area contributed by atoms with Crippen molar-refractivity contribution >= 4 is 16.5 Å². The zero-order valence-corrected chi connectivity index (χ0v) is 13.2. The molecule has 1 aliphatic carbocycles. The summed E-state index contributed by atoms with van der Waals surface area (Å²) in [4.78, 5) is 2.63. The molecule has 0 bridgehead atoms. The summed E-state index contributed by atoms with van der Waals surface area (Å²) in [5.74, 6) is 0.751. The molecule has 2 aromatic rings. The van der Waals surface area contributed by atoms with E-state index in [0.29, 0.717) is 6.54 Å². The average molecular weight is 282 g/mol. The third-order valence-electron chi connectivity index (χ3n) is 4.46. The molecule has 2 nitrogen and oxygen atoms in total. The van der Waals surface area contributed by atoms with Gasteiger partial charge in [-0.15, -0.1) is 0 Å². The standard InChI is InChI=1S/C19H26N2/c1-14(2)11-12-21(16-8-9-16)19-10-7-15(13-20)17-5-3-4-6-18(17)19/h3-7,10,14,16H,8-9,11-13,20H2,1-2H3. The van der Waals surface area contributed by atoms with Gasteiger partial charge in [-0.05, 0) is 42.2 Å². The lowest BCUT2D eigenvalue weighted by Crippen LogP contribution is -2.28. The fourth-order valence-electron chi connectivity index (χ4n) is 3.06. The molecule has 21 heavy (non-hydrogen) atoms. The monoisotopic (exact) mass is 282 g/mol. The predicted octanol–water partition coefficient (Wildman–Crippen LogP) is 4.31. The second-order valence-electron chi connectivity index (χ2n) is 6.60. The predicted molar refractivity (Wildman–Crippen MR) is 91.7 cm³/mol. The summed E-state index contributed by atoms with van der Waals surface area (Å²) < 4.78 is 0. The van der Waals surface area contributed by atoms with Crippen LogP contribution in [-0.4, -0.2) is 12.6 Å². The van der Waals surface area contributed by atoms with E-state index in [4.69, 9.17) is 5.73 Å². The van der Waals surface area contributed by atoms with Crippen molar-refractivity contribution in [3.63, 3.8) is 0 Å². The molecule has 2 N–H and O–H groups in total. The van der Waals surface area contributed by atoms with Gasteiger partial charge in [-0.25, -0.2) is 0 Å². The Morgan fingerprint density at radius 2 is 1.81 bits per heavy atom. The SMILES string of the molecule is CC(C)CCN(c1ccc(CN)c2ccccc12)C1CC1. The Morgan fingerprint density at radius 3 is 2.43 bits per heavy atom. The van der Waals surface area contributed by atoms with Gasteiger partial charge in [0, 0.05) is 30.2 Å². The number of nitrogens with two attached hydrogens (primary N) is 1. The van der Waals surface area contributed by atoms with Gasteiger partial charge >= 0.3 is 0 Å². The lowest BCUT2D eigenvalue weighted by molar-refractivity contribution is 0.571. The molecule has 1 aliphatic rings. The van der Waals surface area contributed by atoms with Crippen molar-refractivity contribution in [2.75, 3.05) is 11.4 Å². The minimum atomic E-state index is 0.607. The third-order valence-corrected chi connectivity index (χ3v) is 4.46. The molecule has 0 unspecified atom stereocenters. The molecule has 0 aliphatic heterocycles. The zero-order valence-electron chi connectivity index (χ0n) is 13.2. The molecule has 1 fully saturated rings. The molecular weight excluding hydrogens is 256 g/mol. The summed E-state index contributed by atoms with van der Waals surface area (Å²) in [6.45, 7) is 6.38. The van der Waals surface area contributed by atoms with Crippen molar-refractivity contribution in [1.82, 2.24) is 0 Å². The Labute approximate surface area is 127 Å². The van der Waals surface area contributed by atoms with Crippen LogP contribution in [0, 0.1) is 5.92 Å². The quantitative estimate of drug-likeness (QED) is 0.855. The van der Waals surface area contributed by atoms with Crippen LogP contribution in [0.4, 0.5) is 5.69 Å². The molecule has 2 heteroatoms. The smallest absolute Gasteiger partial charge is 0.0448 e. The van der Waals surface area contributed by atoms with Crippen LogP contribution in [0.2, 0.25) is 0 Å². The highest BCUT2D eigenvalue weighted by molar-refractivity contribution is 5.96. The molecule has 0 aromatic heterocycles. The molecule has 0 atom stereocenters. The van der Waals surface area contributed by atoms with E-state index in [1.807, 2.05) is 0 Å².